The van der Waals surface area contributed by atoms with Gasteiger partial charge in [0.15, 0.2) is 0 Å². The first kappa shape index (κ1) is 25.4. The minimum atomic E-state index is -0.510. The summed E-state index contributed by atoms with van der Waals surface area (Å²) in [6.07, 6.45) is 2.28. The second kappa shape index (κ2) is 11.8. The minimum Gasteiger partial charge on any atom is -0.380 e. The zero-order valence-corrected chi connectivity index (χ0v) is 20.3. The molecule has 0 aliphatic heterocycles. The van der Waals surface area contributed by atoms with E-state index >= 15 is 0 Å². The molecule has 8 nitrogen and oxygen atoms in total. The van der Waals surface area contributed by atoms with E-state index < -0.39 is 5.91 Å². The van der Waals surface area contributed by atoms with Gasteiger partial charge in [-0.2, -0.15) is 0 Å². The van der Waals surface area contributed by atoms with E-state index in [2.05, 4.69) is 35.1 Å². The number of hydrogen-bond acceptors (Lipinski definition) is 6. The van der Waals surface area contributed by atoms with Crippen LogP contribution in [0.1, 0.15) is 40.1 Å². The number of anilines is 2. The van der Waals surface area contributed by atoms with Crippen molar-refractivity contribution in [3.8, 4) is 11.3 Å². The zero-order chi connectivity index (χ0) is 25.4. The number of rotatable bonds is 11. The Hall–Kier alpha value is -4.20. The summed E-state index contributed by atoms with van der Waals surface area (Å²) in [7, 11) is 1.60. The molecule has 0 aliphatic rings. The fraction of sp³-hybridized carbons (Fsp3) is 0.259. The Morgan fingerprint density at radius 1 is 1.03 bits per heavy atom. The quantitative estimate of drug-likeness (QED) is 0.412. The van der Waals surface area contributed by atoms with Crippen molar-refractivity contribution in [1.29, 1.82) is 0 Å². The Kier molecular flexibility index (Phi) is 8.56. The molecule has 182 valence electrons. The number of hydrogen-bond donors (Lipinski definition) is 2. The van der Waals surface area contributed by atoms with Crippen LogP contribution in [-0.2, 0) is 11.3 Å². The number of pyridine rings is 1. The molecule has 0 bridgehead atoms. The van der Waals surface area contributed by atoms with Crippen LogP contribution in [-0.4, -0.2) is 54.7 Å². The predicted molar refractivity (Wildman–Crippen MR) is 139 cm³/mol. The molecular formula is C27H31N5O3. The lowest BCUT2D eigenvalue weighted by molar-refractivity contribution is -0.108. The summed E-state index contributed by atoms with van der Waals surface area (Å²) in [5.74, 6) is -0.722. The van der Waals surface area contributed by atoms with Crippen LogP contribution in [0, 0.1) is 0 Å². The van der Waals surface area contributed by atoms with E-state index in [1.54, 1.807) is 31.4 Å². The highest BCUT2D eigenvalue weighted by molar-refractivity contribution is 5.95. The van der Waals surface area contributed by atoms with Crippen LogP contribution in [0.2, 0.25) is 0 Å². The maximum atomic E-state index is 12.5. The SMILES string of the molecule is CCN(CC)c1ccc(NCc2cccc(C(=O)N(C)CC=O)c2)c(-c2cc(C(N)=O)ccn2)c1. The van der Waals surface area contributed by atoms with Gasteiger partial charge < -0.3 is 25.6 Å². The van der Waals surface area contributed by atoms with Gasteiger partial charge in [0.1, 0.15) is 6.29 Å². The Balaban J connectivity index is 1.93. The number of nitrogens with zero attached hydrogens (tertiary/aromatic N) is 3. The van der Waals surface area contributed by atoms with Crippen LogP contribution in [0.5, 0.6) is 0 Å². The molecule has 8 heteroatoms. The molecule has 1 heterocycles. The van der Waals surface area contributed by atoms with E-state index in [4.69, 9.17) is 5.73 Å². The van der Waals surface area contributed by atoms with E-state index in [1.807, 2.05) is 30.3 Å². The molecule has 0 saturated carbocycles. The van der Waals surface area contributed by atoms with Crippen LogP contribution in [0.15, 0.2) is 60.8 Å². The minimum absolute atomic E-state index is 0.0426. The predicted octanol–water partition coefficient (Wildman–Crippen LogP) is 3.58. The number of benzene rings is 2. The number of aldehydes is 1. The number of primary amides is 1. The summed E-state index contributed by atoms with van der Waals surface area (Å²) >= 11 is 0. The summed E-state index contributed by atoms with van der Waals surface area (Å²) in [6.45, 7) is 6.42. The number of likely N-dealkylation sites (N-methyl/N-ethyl adjacent to an activating group) is 1. The highest BCUT2D eigenvalue weighted by Crippen LogP contribution is 2.32. The Labute approximate surface area is 205 Å². The van der Waals surface area contributed by atoms with Crippen molar-refractivity contribution in [2.24, 2.45) is 5.73 Å². The molecule has 0 radical (unpaired) electrons. The normalized spacial score (nSPS) is 10.5. The smallest absolute Gasteiger partial charge is 0.253 e. The topological polar surface area (TPSA) is 109 Å². The Morgan fingerprint density at radius 3 is 2.49 bits per heavy atom. The molecular weight excluding hydrogens is 442 g/mol. The third-order valence-electron chi connectivity index (χ3n) is 5.80. The van der Waals surface area contributed by atoms with Crippen molar-refractivity contribution in [2.75, 3.05) is 36.9 Å². The summed E-state index contributed by atoms with van der Waals surface area (Å²) in [5, 5.41) is 3.44. The molecule has 2 aromatic carbocycles. The first-order valence-corrected chi connectivity index (χ1v) is 11.5. The highest BCUT2D eigenvalue weighted by atomic mass is 16.2. The van der Waals surface area contributed by atoms with Crippen molar-refractivity contribution >= 4 is 29.5 Å². The van der Waals surface area contributed by atoms with Crippen LogP contribution < -0.4 is 16.0 Å². The van der Waals surface area contributed by atoms with E-state index in [1.165, 1.54) is 4.90 Å². The molecule has 3 rings (SSSR count). The molecule has 0 unspecified atom stereocenters. The number of amides is 2. The molecule has 1 aromatic heterocycles. The molecule has 0 atom stereocenters. The lowest BCUT2D eigenvalue weighted by atomic mass is 10.0. The summed E-state index contributed by atoms with van der Waals surface area (Å²) < 4.78 is 0. The van der Waals surface area contributed by atoms with Gasteiger partial charge in [-0.3, -0.25) is 14.6 Å². The number of nitrogens with one attached hydrogen (secondary N) is 1. The first-order chi connectivity index (χ1) is 16.9. The Morgan fingerprint density at radius 2 is 1.80 bits per heavy atom. The second-order valence-electron chi connectivity index (χ2n) is 8.10. The third-order valence-corrected chi connectivity index (χ3v) is 5.80. The van der Waals surface area contributed by atoms with Gasteiger partial charge in [0.05, 0.1) is 12.2 Å². The molecule has 0 saturated heterocycles. The van der Waals surface area contributed by atoms with Gasteiger partial charge in [0, 0.05) is 60.9 Å². The first-order valence-electron chi connectivity index (χ1n) is 11.5. The van der Waals surface area contributed by atoms with Gasteiger partial charge in [-0.1, -0.05) is 12.1 Å². The molecule has 0 spiro atoms. The molecule has 0 aliphatic carbocycles. The third kappa shape index (κ3) is 6.23. The molecule has 3 aromatic rings. The van der Waals surface area contributed by atoms with Crippen molar-refractivity contribution < 1.29 is 14.4 Å². The Bertz CT molecular complexity index is 1210. The average Bonchev–Trinajstić information content (AvgIpc) is 2.88. The van der Waals surface area contributed by atoms with Gasteiger partial charge in [0.2, 0.25) is 5.91 Å². The monoisotopic (exact) mass is 473 g/mol. The fourth-order valence-corrected chi connectivity index (χ4v) is 3.84. The number of carbonyl (C=O) groups is 3. The van der Waals surface area contributed by atoms with Crippen LogP contribution >= 0.6 is 0 Å². The summed E-state index contributed by atoms with van der Waals surface area (Å²) in [4.78, 5) is 43.1. The van der Waals surface area contributed by atoms with Crippen molar-refractivity contribution in [2.45, 2.75) is 20.4 Å². The number of carbonyl (C=O) groups excluding carboxylic acids is 3. The van der Waals surface area contributed by atoms with Crippen molar-refractivity contribution in [1.82, 2.24) is 9.88 Å². The van der Waals surface area contributed by atoms with Crippen LogP contribution in [0.25, 0.3) is 11.3 Å². The van der Waals surface area contributed by atoms with Crippen LogP contribution in [0.3, 0.4) is 0 Å². The highest BCUT2D eigenvalue weighted by Gasteiger charge is 2.14. The van der Waals surface area contributed by atoms with E-state index in [-0.39, 0.29) is 12.5 Å². The van der Waals surface area contributed by atoms with Gasteiger partial charge in [-0.05, 0) is 61.9 Å². The van der Waals surface area contributed by atoms with Gasteiger partial charge in [-0.25, -0.2) is 0 Å². The van der Waals surface area contributed by atoms with Crippen LogP contribution in [0.4, 0.5) is 11.4 Å². The van der Waals surface area contributed by atoms with E-state index in [0.29, 0.717) is 29.7 Å². The zero-order valence-electron chi connectivity index (χ0n) is 20.3. The largest absolute Gasteiger partial charge is 0.380 e. The van der Waals surface area contributed by atoms with Gasteiger partial charge in [-0.15, -0.1) is 0 Å². The lowest BCUT2D eigenvalue weighted by Gasteiger charge is -2.23. The maximum Gasteiger partial charge on any atom is 0.253 e. The second-order valence-corrected chi connectivity index (χ2v) is 8.10. The summed E-state index contributed by atoms with van der Waals surface area (Å²) in [5.41, 5.74) is 10.7. The van der Waals surface area contributed by atoms with Gasteiger partial charge >= 0.3 is 0 Å². The van der Waals surface area contributed by atoms with E-state index in [9.17, 15) is 14.4 Å². The fourth-order valence-electron chi connectivity index (χ4n) is 3.84. The molecule has 2 amide bonds. The van der Waals surface area contributed by atoms with Crippen molar-refractivity contribution in [3.05, 3.63) is 77.5 Å². The average molecular weight is 474 g/mol. The molecule has 0 fully saturated rings. The molecule has 3 N–H and O–H groups in total. The van der Waals surface area contributed by atoms with Gasteiger partial charge in [0.25, 0.3) is 5.91 Å². The lowest BCUT2D eigenvalue weighted by Crippen LogP contribution is -2.28. The standard InChI is InChI=1S/C27H31N5O3/c1-4-32(5-2)22-9-10-24(23(17-22)25-16-20(26(28)34)11-12-29-25)30-18-19-7-6-8-21(15-19)27(35)31(3)13-14-33/h6-12,14-17,30H,4-5,13,18H2,1-3H3,(H2,28,34). The van der Waals surface area contributed by atoms with E-state index in [0.717, 1.165) is 35.6 Å². The number of aromatic nitrogens is 1. The molecule has 35 heavy (non-hydrogen) atoms. The maximum absolute atomic E-state index is 12.5. The summed E-state index contributed by atoms with van der Waals surface area (Å²) in [6, 6.07) is 16.7. The number of nitrogens with two attached hydrogens (primary N) is 1. The van der Waals surface area contributed by atoms with Crippen molar-refractivity contribution in [3.63, 3.8) is 0 Å².